The first-order valence-electron chi connectivity index (χ1n) is 3.49. The summed E-state index contributed by atoms with van der Waals surface area (Å²) in [6.07, 6.45) is 2.33. The zero-order valence-electron chi connectivity index (χ0n) is 5.81. The van der Waals surface area contributed by atoms with Crippen molar-refractivity contribution in [3.8, 4) is 0 Å². The fourth-order valence-electron chi connectivity index (χ4n) is 2.35. The molecule has 0 radical (unpaired) electrons. The Morgan fingerprint density at radius 1 is 1.33 bits per heavy atom. The summed E-state index contributed by atoms with van der Waals surface area (Å²) in [5, 5.41) is 0. The van der Waals surface area contributed by atoms with E-state index in [1.165, 1.54) is 12.8 Å². The maximum atomic E-state index is 5.90. The zero-order chi connectivity index (χ0) is 6.54. The van der Waals surface area contributed by atoms with E-state index in [4.69, 9.17) is 10.5 Å². The average molecular weight is 127 g/mol. The lowest BCUT2D eigenvalue weighted by molar-refractivity contribution is -0.136. The van der Waals surface area contributed by atoms with Gasteiger partial charge in [0.05, 0.1) is 13.2 Å². The van der Waals surface area contributed by atoms with Crippen molar-refractivity contribution in [3.05, 3.63) is 0 Å². The number of fused-ring (bicyclic) bond motifs is 2. The van der Waals surface area contributed by atoms with Crippen LogP contribution in [-0.4, -0.2) is 18.8 Å². The summed E-state index contributed by atoms with van der Waals surface area (Å²) < 4.78 is 5.31. The van der Waals surface area contributed by atoms with Crippen molar-refractivity contribution in [2.24, 2.45) is 11.1 Å². The summed E-state index contributed by atoms with van der Waals surface area (Å²) in [6.45, 7) is 3.95. The molecular weight excluding hydrogens is 114 g/mol. The SMILES string of the molecule is CC12COCC(N)(C1)C2. The van der Waals surface area contributed by atoms with E-state index in [-0.39, 0.29) is 5.54 Å². The predicted octanol–water partition coefficient (Wildman–Crippen LogP) is 0.514. The standard InChI is InChI=1S/C7H13NO/c1-6-2-7(8,3-6)5-9-4-6/h2-5,8H2,1H3. The van der Waals surface area contributed by atoms with Gasteiger partial charge in [0.15, 0.2) is 0 Å². The van der Waals surface area contributed by atoms with Gasteiger partial charge in [-0.3, -0.25) is 0 Å². The lowest BCUT2D eigenvalue weighted by Gasteiger charge is -2.56. The van der Waals surface area contributed by atoms with E-state index in [1.54, 1.807) is 0 Å². The van der Waals surface area contributed by atoms with Gasteiger partial charge in [-0.25, -0.2) is 0 Å². The zero-order valence-corrected chi connectivity index (χ0v) is 5.81. The van der Waals surface area contributed by atoms with Crippen LogP contribution in [0.4, 0.5) is 0 Å². The molecule has 2 bridgehead atoms. The van der Waals surface area contributed by atoms with Crippen LogP contribution in [0, 0.1) is 5.41 Å². The van der Waals surface area contributed by atoms with Gasteiger partial charge in [-0.05, 0) is 18.3 Å². The number of hydrogen-bond donors (Lipinski definition) is 1. The molecule has 2 N–H and O–H groups in total. The summed E-state index contributed by atoms with van der Waals surface area (Å²) in [4.78, 5) is 0. The fraction of sp³-hybridized carbons (Fsp3) is 1.00. The first-order chi connectivity index (χ1) is 4.12. The van der Waals surface area contributed by atoms with E-state index in [0.29, 0.717) is 5.41 Å². The van der Waals surface area contributed by atoms with Gasteiger partial charge in [-0.15, -0.1) is 0 Å². The smallest absolute Gasteiger partial charge is 0.0646 e. The van der Waals surface area contributed by atoms with Crippen molar-refractivity contribution in [1.29, 1.82) is 0 Å². The van der Waals surface area contributed by atoms with E-state index >= 15 is 0 Å². The summed E-state index contributed by atoms with van der Waals surface area (Å²) in [7, 11) is 0. The van der Waals surface area contributed by atoms with E-state index in [9.17, 15) is 0 Å². The molecule has 0 atom stereocenters. The lowest BCUT2D eigenvalue weighted by atomic mass is 9.58. The normalized spacial score (nSPS) is 56.7. The first kappa shape index (κ1) is 5.69. The third-order valence-corrected chi connectivity index (χ3v) is 2.40. The van der Waals surface area contributed by atoms with Crippen molar-refractivity contribution in [2.45, 2.75) is 25.3 Å². The highest BCUT2D eigenvalue weighted by Crippen LogP contribution is 2.50. The molecule has 0 aromatic rings. The molecule has 0 spiro atoms. The molecule has 3 rings (SSSR count). The van der Waals surface area contributed by atoms with Crippen LogP contribution in [0.1, 0.15) is 19.8 Å². The Kier molecular flexibility index (Phi) is 0.837. The first-order valence-corrected chi connectivity index (χ1v) is 3.49. The Morgan fingerprint density at radius 2 is 2.00 bits per heavy atom. The second kappa shape index (κ2) is 1.32. The molecule has 52 valence electrons. The van der Waals surface area contributed by atoms with Crippen molar-refractivity contribution in [2.75, 3.05) is 13.2 Å². The third-order valence-electron chi connectivity index (χ3n) is 2.40. The molecule has 0 aromatic heterocycles. The van der Waals surface area contributed by atoms with Crippen molar-refractivity contribution in [3.63, 3.8) is 0 Å². The molecule has 1 saturated carbocycles. The monoisotopic (exact) mass is 127 g/mol. The quantitative estimate of drug-likeness (QED) is 0.514. The van der Waals surface area contributed by atoms with Crippen LogP contribution >= 0.6 is 0 Å². The minimum absolute atomic E-state index is 0.0625. The molecule has 0 amide bonds. The highest BCUT2D eigenvalue weighted by Gasteiger charge is 2.53. The molecule has 2 nitrogen and oxygen atoms in total. The molecule has 1 aliphatic carbocycles. The Balaban J connectivity index is 2.12. The highest BCUT2D eigenvalue weighted by atomic mass is 16.5. The molecule has 3 aliphatic rings. The number of rotatable bonds is 0. The van der Waals surface area contributed by atoms with Gasteiger partial charge in [0.2, 0.25) is 0 Å². The molecule has 2 heterocycles. The maximum Gasteiger partial charge on any atom is 0.0646 e. The van der Waals surface area contributed by atoms with Gasteiger partial charge in [0.25, 0.3) is 0 Å². The summed E-state index contributed by atoms with van der Waals surface area (Å²) >= 11 is 0. The Bertz CT molecular complexity index is 124. The maximum absolute atomic E-state index is 5.90. The molecular formula is C7H13NO. The van der Waals surface area contributed by atoms with E-state index in [2.05, 4.69) is 6.92 Å². The van der Waals surface area contributed by atoms with Gasteiger partial charge in [-0.2, -0.15) is 0 Å². The molecule has 2 aliphatic heterocycles. The lowest BCUT2D eigenvalue weighted by Crippen LogP contribution is -2.65. The number of ether oxygens (including phenoxy) is 1. The minimum Gasteiger partial charge on any atom is -0.379 e. The fourth-order valence-corrected chi connectivity index (χ4v) is 2.35. The number of nitrogens with two attached hydrogens (primary N) is 1. The second-order valence-corrected chi connectivity index (χ2v) is 4.02. The van der Waals surface area contributed by atoms with Gasteiger partial charge in [-0.1, -0.05) is 6.92 Å². The molecule has 3 fully saturated rings. The van der Waals surface area contributed by atoms with Crippen LogP contribution in [0.3, 0.4) is 0 Å². The Morgan fingerprint density at radius 3 is 2.33 bits per heavy atom. The van der Waals surface area contributed by atoms with Gasteiger partial charge in [0.1, 0.15) is 0 Å². The van der Waals surface area contributed by atoms with E-state index in [1.807, 2.05) is 0 Å². The van der Waals surface area contributed by atoms with Gasteiger partial charge >= 0.3 is 0 Å². The number of hydrogen-bond acceptors (Lipinski definition) is 2. The van der Waals surface area contributed by atoms with Crippen molar-refractivity contribution < 1.29 is 4.74 Å². The molecule has 2 saturated heterocycles. The van der Waals surface area contributed by atoms with Crippen LogP contribution in [0.25, 0.3) is 0 Å². The summed E-state index contributed by atoms with van der Waals surface area (Å²) in [6, 6.07) is 0. The third kappa shape index (κ3) is 0.700. The topological polar surface area (TPSA) is 35.2 Å². The predicted molar refractivity (Wildman–Crippen MR) is 35.1 cm³/mol. The van der Waals surface area contributed by atoms with Crippen LogP contribution in [0.5, 0.6) is 0 Å². The molecule has 0 unspecified atom stereocenters. The minimum atomic E-state index is 0.0625. The van der Waals surface area contributed by atoms with Crippen molar-refractivity contribution >= 4 is 0 Å². The molecule has 9 heavy (non-hydrogen) atoms. The van der Waals surface area contributed by atoms with Crippen LogP contribution < -0.4 is 5.73 Å². The van der Waals surface area contributed by atoms with Gasteiger partial charge in [0, 0.05) is 5.54 Å². The van der Waals surface area contributed by atoms with Crippen LogP contribution in [-0.2, 0) is 4.74 Å². The van der Waals surface area contributed by atoms with Crippen LogP contribution in [0.2, 0.25) is 0 Å². The van der Waals surface area contributed by atoms with E-state index in [0.717, 1.165) is 13.2 Å². The largest absolute Gasteiger partial charge is 0.379 e. The molecule has 2 heteroatoms. The average Bonchev–Trinajstić information content (AvgIpc) is 1.59. The van der Waals surface area contributed by atoms with Gasteiger partial charge < -0.3 is 10.5 Å². The van der Waals surface area contributed by atoms with Crippen molar-refractivity contribution in [1.82, 2.24) is 0 Å². The van der Waals surface area contributed by atoms with E-state index < -0.39 is 0 Å². The Hall–Kier alpha value is -0.0800. The summed E-state index contributed by atoms with van der Waals surface area (Å²) in [5.74, 6) is 0. The van der Waals surface area contributed by atoms with Crippen LogP contribution in [0.15, 0.2) is 0 Å². The second-order valence-electron chi connectivity index (χ2n) is 4.02. The summed E-state index contributed by atoms with van der Waals surface area (Å²) in [5.41, 5.74) is 6.40. The molecule has 0 aromatic carbocycles. The highest BCUT2D eigenvalue weighted by molar-refractivity contribution is 5.08. The Labute approximate surface area is 55.4 Å².